The molecule has 0 atom stereocenters. The minimum Gasteiger partial charge on any atom is -0.481 e. The van der Waals surface area contributed by atoms with Gasteiger partial charge in [0.05, 0.1) is 0 Å². The van der Waals surface area contributed by atoms with Crippen LogP contribution in [0.15, 0.2) is 0 Å². The normalized spacial score (nSPS) is 8.85. The summed E-state index contributed by atoms with van der Waals surface area (Å²) in [5.74, 6) is 1.15. The topological polar surface area (TPSA) is 63.6 Å². The van der Waals surface area contributed by atoms with Gasteiger partial charge in [-0.15, -0.1) is 6.42 Å². The molecule has 0 aromatic heterocycles. The number of terminal acetylenes is 1. The number of esters is 1. The van der Waals surface area contributed by atoms with Gasteiger partial charge in [0.15, 0.2) is 5.60 Å². The second-order valence-corrected chi connectivity index (χ2v) is 2.77. The van der Waals surface area contributed by atoms with Crippen molar-refractivity contribution < 1.29 is 19.4 Å². The highest BCUT2D eigenvalue weighted by Crippen LogP contribution is 2.05. The summed E-state index contributed by atoms with van der Waals surface area (Å²) < 4.78 is 4.71. The van der Waals surface area contributed by atoms with Crippen molar-refractivity contribution in [2.75, 3.05) is 0 Å². The Labute approximate surface area is 77.9 Å². The molecule has 0 saturated heterocycles. The maximum Gasteiger partial charge on any atom is 0.304 e. The highest BCUT2D eigenvalue weighted by molar-refractivity contribution is 5.66. The van der Waals surface area contributed by atoms with Gasteiger partial charge < -0.3 is 9.84 Å². The summed E-state index contributed by atoms with van der Waals surface area (Å²) in [4.78, 5) is 19.3. The maximum absolute atomic E-state index is 10.3. The third-order valence-corrected chi connectivity index (χ3v) is 0.746. The number of carbonyl (C=O) groups is 2. The van der Waals surface area contributed by atoms with Gasteiger partial charge in [-0.1, -0.05) is 5.92 Å². The molecule has 0 bridgehead atoms. The molecule has 0 heterocycles. The van der Waals surface area contributed by atoms with Gasteiger partial charge in [0.1, 0.15) is 0 Å². The SMILES string of the molecule is C#CC(C)(C)OC(C)=O.CC(=O)O. The maximum atomic E-state index is 10.3. The van der Waals surface area contributed by atoms with E-state index in [0.29, 0.717) is 0 Å². The summed E-state index contributed by atoms with van der Waals surface area (Å²) in [5.41, 5.74) is -0.758. The van der Waals surface area contributed by atoms with E-state index in [2.05, 4.69) is 5.92 Å². The van der Waals surface area contributed by atoms with Crippen LogP contribution in [0.3, 0.4) is 0 Å². The Kier molecular flexibility index (Phi) is 6.55. The Balaban J connectivity index is 0. The zero-order chi connectivity index (χ0) is 11.1. The Morgan fingerprint density at radius 3 is 1.77 bits per heavy atom. The lowest BCUT2D eigenvalue weighted by Gasteiger charge is -2.16. The summed E-state index contributed by atoms with van der Waals surface area (Å²) in [6, 6.07) is 0. The van der Waals surface area contributed by atoms with Crippen molar-refractivity contribution in [2.45, 2.75) is 33.3 Å². The summed E-state index contributed by atoms with van der Waals surface area (Å²) in [5, 5.41) is 7.42. The van der Waals surface area contributed by atoms with Gasteiger partial charge in [-0.2, -0.15) is 0 Å². The van der Waals surface area contributed by atoms with E-state index < -0.39 is 11.6 Å². The molecule has 13 heavy (non-hydrogen) atoms. The van der Waals surface area contributed by atoms with E-state index in [9.17, 15) is 4.79 Å². The molecule has 0 aromatic rings. The van der Waals surface area contributed by atoms with E-state index in [-0.39, 0.29) is 5.97 Å². The standard InChI is InChI=1S/C7H10O2.C2H4O2/c1-5-7(3,4)9-6(2)8;1-2(3)4/h1H,2-4H3;1H3,(H,3,4). The highest BCUT2D eigenvalue weighted by atomic mass is 16.6. The summed E-state index contributed by atoms with van der Waals surface area (Å²) >= 11 is 0. The third kappa shape index (κ3) is 18.0. The number of aliphatic carboxylic acids is 1. The zero-order valence-corrected chi connectivity index (χ0v) is 8.25. The fourth-order valence-corrected chi connectivity index (χ4v) is 0.389. The van der Waals surface area contributed by atoms with Crippen LogP contribution in [0.2, 0.25) is 0 Å². The molecule has 0 aliphatic rings. The molecule has 74 valence electrons. The molecule has 0 aliphatic heterocycles. The first-order chi connectivity index (χ1) is 5.71. The molecule has 0 spiro atoms. The Morgan fingerprint density at radius 2 is 1.69 bits per heavy atom. The zero-order valence-electron chi connectivity index (χ0n) is 8.25. The average Bonchev–Trinajstić information content (AvgIpc) is 1.83. The number of hydrogen-bond donors (Lipinski definition) is 1. The Morgan fingerprint density at radius 1 is 1.38 bits per heavy atom. The molecular formula is C9H14O4. The van der Waals surface area contributed by atoms with Crippen LogP contribution in [0.25, 0.3) is 0 Å². The van der Waals surface area contributed by atoms with Gasteiger partial charge in [-0.05, 0) is 13.8 Å². The largest absolute Gasteiger partial charge is 0.481 e. The first-order valence-electron chi connectivity index (χ1n) is 3.58. The highest BCUT2D eigenvalue weighted by Gasteiger charge is 2.15. The lowest BCUT2D eigenvalue weighted by atomic mass is 10.1. The second kappa shape index (κ2) is 6.06. The minimum absolute atomic E-state index is 0.349. The summed E-state index contributed by atoms with van der Waals surface area (Å²) in [7, 11) is 0. The van der Waals surface area contributed by atoms with Crippen LogP contribution in [-0.4, -0.2) is 22.6 Å². The Bertz CT molecular complexity index is 218. The van der Waals surface area contributed by atoms with E-state index in [0.717, 1.165) is 6.92 Å². The van der Waals surface area contributed by atoms with Crippen LogP contribution in [-0.2, 0) is 14.3 Å². The number of carbonyl (C=O) groups excluding carboxylic acids is 1. The lowest BCUT2D eigenvalue weighted by Crippen LogP contribution is -2.24. The number of carboxylic acid groups (broad SMARTS) is 1. The van der Waals surface area contributed by atoms with Gasteiger partial charge in [-0.25, -0.2) is 0 Å². The van der Waals surface area contributed by atoms with Crippen molar-refractivity contribution in [3.05, 3.63) is 0 Å². The van der Waals surface area contributed by atoms with Crippen LogP contribution in [0.5, 0.6) is 0 Å². The van der Waals surface area contributed by atoms with Crippen LogP contribution in [0, 0.1) is 12.3 Å². The van der Waals surface area contributed by atoms with E-state index in [1.165, 1.54) is 6.92 Å². The van der Waals surface area contributed by atoms with E-state index in [1.807, 2.05) is 0 Å². The predicted octanol–water partition coefficient (Wildman–Crippen LogP) is 1.05. The molecule has 0 radical (unpaired) electrons. The number of hydrogen-bond acceptors (Lipinski definition) is 3. The minimum atomic E-state index is -0.833. The molecule has 0 unspecified atom stereocenters. The molecule has 1 N–H and O–H groups in total. The van der Waals surface area contributed by atoms with Gasteiger partial charge >= 0.3 is 5.97 Å². The predicted molar refractivity (Wildman–Crippen MR) is 48.0 cm³/mol. The fraction of sp³-hybridized carbons (Fsp3) is 0.556. The monoisotopic (exact) mass is 186 g/mol. The molecule has 0 rings (SSSR count). The van der Waals surface area contributed by atoms with Crippen LogP contribution < -0.4 is 0 Å². The van der Waals surface area contributed by atoms with Gasteiger partial charge in [-0.3, -0.25) is 9.59 Å². The first-order valence-corrected chi connectivity index (χ1v) is 3.58. The van der Waals surface area contributed by atoms with Gasteiger partial charge in [0.2, 0.25) is 0 Å². The fourth-order valence-electron chi connectivity index (χ4n) is 0.389. The second-order valence-electron chi connectivity index (χ2n) is 2.77. The molecule has 0 fully saturated rings. The molecular weight excluding hydrogens is 172 g/mol. The average molecular weight is 186 g/mol. The van der Waals surface area contributed by atoms with Gasteiger partial charge in [0.25, 0.3) is 5.97 Å². The van der Waals surface area contributed by atoms with Crippen LogP contribution in [0.1, 0.15) is 27.7 Å². The molecule has 4 nitrogen and oxygen atoms in total. The van der Waals surface area contributed by atoms with Crippen molar-refractivity contribution in [2.24, 2.45) is 0 Å². The quantitative estimate of drug-likeness (QED) is 0.491. The van der Waals surface area contributed by atoms with Crippen LogP contribution >= 0.6 is 0 Å². The molecule has 0 amide bonds. The van der Waals surface area contributed by atoms with Crippen molar-refractivity contribution in [3.63, 3.8) is 0 Å². The van der Waals surface area contributed by atoms with Crippen molar-refractivity contribution >= 4 is 11.9 Å². The summed E-state index contributed by atoms with van der Waals surface area (Å²) in [6.45, 7) is 5.74. The summed E-state index contributed by atoms with van der Waals surface area (Å²) in [6.07, 6.45) is 5.03. The van der Waals surface area contributed by atoms with Gasteiger partial charge in [0, 0.05) is 13.8 Å². The molecule has 0 saturated carbocycles. The molecule has 0 aromatic carbocycles. The number of rotatable bonds is 1. The lowest BCUT2D eigenvalue weighted by molar-refractivity contribution is -0.149. The van der Waals surface area contributed by atoms with Crippen molar-refractivity contribution in [3.8, 4) is 12.3 Å². The van der Waals surface area contributed by atoms with E-state index in [4.69, 9.17) is 21.1 Å². The van der Waals surface area contributed by atoms with E-state index in [1.54, 1.807) is 13.8 Å². The number of carboxylic acids is 1. The van der Waals surface area contributed by atoms with E-state index >= 15 is 0 Å². The molecule has 0 aliphatic carbocycles. The third-order valence-electron chi connectivity index (χ3n) is 0.746. The first kappa shape index (κ1) is 14.0. The molecule has 4 heteroatoms. The smallest absolute Gasteiger partial charge is 0.304 e. The number of ether oxygens (including phenoxy) is 1. The Hall–Kier alpha value is -1.50. The van der Waals surface area contributed by atoms with Crippen LogP contribution in [0.4, 0.5) is 0 Å². The van der Waals surface area contributed by atoms with Crippen molar-refractivity contribution in [1.29, 1.82) is 0 Å². The van der Waals surface area contributed by atoms with Crippen molar-refractivity contribution in [1.82, 2.24) is 0 Å².